The summed E-state index contributed by atoms with van der Waals surface area (Å²) in [5, 5.41) is -0.178. The first-order chi connectivity index (χ1) is 12.9. The number of likely N-dealkylation sites (tertiary alicyclic amines) is 1. The fourth-order valence-electron chi connectivity index (χ4n) is 2.58. The van der Waals surface area contributed by atoms with Crippen molar-refractivity contribution >= 4 is 28.0 Å². The first kappa shape index (κ1) is 22.3. The van der Waals surface area contributed by atoms with E-state index in [0.717, 1.165) is 13.2 Å². The lowest BCUT2D eigenvalue weighted by Crippen LogP contribution is -2.57. The van der Waals surface area contributed by atoms with E-state index in [1.165, 1.54) is 11.0 Å². The van der Waals surface area contributed by atoms with Crippen molar-refractivity contribution in [2.75, 3.05) is 20.2 Å². The van der Waals surface area contributed by atoms with Crippen LogP contribution in [0.4, 0.5) is 18.0 Å². The Kier molecular flexibility index (Phi) is 6.52. The summed E-state index contributed by atoms with van der Waals surface area (Å²) in [5.41, 5.74) is -2.08. The van der Waals surface area contributed by atoms with Crippen molar-refractivity contribution in [1.29, 1.82) is 0 Å². The van der Waals surface area contributed by atoms with Gasteiger partial charge in [0.1, 0.15) is 17.5 Å². The van der Waals surface area contributed by atoms with Gasteiger partial charge in [-0.1, -0.05) is 15.9 Å². The molecule has 1 saturated heterocycles. The second-order valence-electron chi connectivity index (χ2n) is 7.25. The molecule has 1 aromatic rings. The van der Waals surface area contributed by atoms with Gasteiger partial charge in [-0.2, -0.15) is 13.2 Å². The molecule has 2 rings (SSSR count). The van der Waals surface area contributed by atoms with Gasteiger partial charge in [0, 0.05) is 5.33 Å². The molecule has 0 spiro atoms. The number of amides is 1. The van der Waals surface area contributed by atoms with Crippen molar-refractivity contribution in [2.45, 2.75) is 44.0 Å². The van der Waals surface area contributed by atoms with Crippen molar-refractivity contribution in [3.8, 4) is 5.75 Å². The zero-order chi connectivity index (χ0) is 21.3. The van der Waals surface area contributed by atoms with E-state index >= 15 is 0 Å². The summed E-state index contributed by atoms with van der Waals surface area (Å²) in [6.45, 7) is 5.54. The van der Waals surface area contributed by atoms with Crippen molar-refractivity contribution in [3.63, 3.8) is 0 Å². The number of hydrogen-bond donors (Lipinski definition) is 0. The van der Waals surface area contributed by atoms with E-state index in [9.17, 15) is 22.8 Å². The lowest BCUT2D eigenvalue weighted by Gasteiger charge is -2.39. The fraction of sp³-hybridized carbons (Fsp3) is 0.556. The van der Waals surface area contributed by atoms with Gasteiger partial charge in [0.15, 0.2) is 0 Å². The van der Waals surface area contributed by atoms with Gasteiger partial charge in [-0.05, 0) is 38.5 Å². The highest BCUT2D eigenvalue weighted by Gasteiger charge is 2.38. The average Bonchev–Trinajstić information content (AvgIpc) is 2.53. The fourth-order valence-corrected chi connectivity index (χ4v) is 3.19. The minimum Gasteiger partial charge on any atom is -0.487 e. The molecule has 0 bridgehead atoms. The number of carbonyl (C=O) groups excluding carboxylic acids is 2. The minimum absolute atomic E-state index is 0.119. The highest BCUT2D eigenvalue weighted by atomic mass is 79.9. The van der Waals surface area contributed by atoms with E-state index in [-0.39, 0.29) is 35.3 Å². The maximum absolute atomic E-state index is 13.4. The molecule has 0 saturated carbocycles. The molecule has 6 nitrogen and oxygen atoms in total. The lowest BCUT2D eigenvalue weighted by molar-refractivity contribution is -0.138. The Morgan fingerprint density at radius 3 is 2.29 bits per heavy atom. The third-order valence-electron chi connectivity index (χ3n) is 3.87. The summed E-state index contributed by atoms with van der Waals surface area (Å²) in [7, 11) is 1.09. The standard InChI is InChI=1S/C18H21BrF3NO5/c1-17(2,3)28-16(25)23-8-11(9-23)27-10-5-12(15(24)26-4)13(7-19)14(6-10)18(20,21)22/h5-6,11H,7-9H2,1-4H3. The van der Waals surface area contributed by atoms with Crippen LogP contribution in [0.1, 0.15) is 42.3 Å². The van der Waals surface area contributed by atoms with Gasteiger partial charge >= 0.3 is 18.2 Å². The monoisotopic (exact) mass is 467 g/mol. The largest absolute Gasteiger partial charge is 0.487 e. The van der Waals surface area contributed by atoms with Crippen LogP contribution >= 0.6 is 15.9 Å². The summed E-state index contributed by atoms with van der Waals surface area (Å²) in [6, 6.07) is 2.06. The first-order valence-corrected chi connectivity index (χ1v) is 9.51. The van der Waals surface area contributed by atoms with Gasteiger partial charge in [0.05, 0.1) is 31.3 Å². The van der Waals surface area contributed by atoms with Crippen LogP contribution in [0.15, 0.2) is 12.1 Å². The number of carbonyl (C=O) groups is 2. The minimum atomic E-state index is -4.67. The predicted octanol–water partition coefficient (Wildman–Crippen LogP) is 4.39. The Bertz CT molecular complexity index is 755. The van der Waals surface area contributed by atoms with Gasteiger partial charge in [-0.3, -0.25) is 0 Å². The van der Waals surface area contributed by atoms with E-state index in [1.807, 2.05) is 0 Å². The van der Waals surface area contributed by atoms with E-state index < -0.39 is 35.5 Å². The average molecular weight is 468 g/mol. The molecule has 0 radical (unpaired) electrons. The lowest BCUT2D eigenvalue weighted by atomic mass is 10.0. The number of halogens is 4. The molecule has 1 aromatic carbocycles. The topological polar surface area (TPSA) is 65.1 Å². The van der Waals surface area contributed by atoms with Crippen LogP contribution in [0.5, 0.6) is 5.75 Å². The molecule has 1 amide bonds. The molecule has 1 aliphatic heterocycles. The zero-order valence-corrected chi connectivity index (χ0v) is 17.4. The summed E-state index contributed by atoms with van der Waals surface area (Å²) in [6.07, 6.45) is -5.70. The van der Waals surface area contributed by atoms with Crippen LogP contribution in [-0.4, -0.2) is 48.9 Å². The smallest absolute Gasteiger partial charge is 0.416 e. The molecule has 0 N–H and O–H groups in total. The van der Waals surface area contributed by atoms with Crippen molar-refractivity contribution < 1.29 is 37.0 Å². The Morgan fingerprint density at radius 2 is 1.82 bits per heavy atom. The summed E-state index contributed by atoms with van der Waals surface area (Å²) in [5.74, 6) is -1.01. The molecule has 0 aromatic heterocycles. The summed E-state index contributed by atoms with van der Waals surface area (Å²) in [4.78, 5) is 25.2. The number of alkyl halides is 4. The predicted molar refractivity (Wildman–Crippen MR) is 97.6 cm³/mol. The van der Waals surface area contributed by atoms with Gasteiger partial charge in [-0.15, -0.1) is 0 Å². The molecule has 0 unspecified atom stereocenters. The van der Waals surface area contributed by atoms with Gasteiger partial charge in [0.2, 0.25) is 0 Å². The van der Waals surface area contributed by atoms with E-state index in [1.54, 1.807) is 20.8 Å². The second kappa shape index (κ2) is 8.18. The molecular formula is C18H21BrF3NO5. The number of hydrogen-bond acceptors (Lipinski definition) is 5. The summed E-state index contributed by atoms with van der Waals surface area (Å²) >= 11 is 2.99. The number of benzene rings is 1. The zero-order valence-electron chi connectivity index (χ0n) is 15.9. The molecule has 0 atom stereocenters. The number of rotatable bonds is 4. The van der Waals surface area contributed by atoms with Crippen molar-refractivity contribution in [2.24, 2.45) is 0 Å². The molecule has 1 heterocycles. The Labute approximate surface area is 169 Å². The highest BCUT2D eigenvalue weighted by molar-refractivity contribution is 9.08. The Morgan fingerprint density at radius 1 is 1.21 bits per heavy atom. The normalized spacial score (nSPS) is 15.1. The maximum Gasteiger partial charge on any atom is 0.416 e. The molecule has 10 heteroatoms. The Hall–Kier alpha value is -1.97. The van der Waals surface area contributed by atoms with E-state index in [0.29, 0.717) is 0 Å². The molecule has 0 aliphatic carbocycles. The number of ether oxygens (including phenoxy) is 3. The highest BCUT2D eigenvalue weighted by Crippen LogP contribution is 2.38. The van der Waals surface area contributed by atoms with E-state index in [2.05, 4.69) is 20.7 Å². The van der Waals surface area contributed by atoms with Crippen LogP contribution in [-0.2, 0) is 21.0 Å². The van der Waals surface area contributed by atoms with Crippen LogP contribution in [0.25, 0.3) is 0 Å². The van der Waals surface area contributed by atoms with Gasteiger partial charge < -0.3 is 19.1 Å². The van der Waals surface area contributed by atoms with Gasteiger partial charge in [-0.25, -0.2) is 9.59 Å². The van der Waals surface area contributed by atoms with E-state index in [4.69, 9.17) is 9.47 Å². The third kappa shape index (κ3) is 5.30. The van der Waals surface area contributed by atoms with Crippen molar-refractivity contribution in [3.05, 3.63) is 28.8 Å². The SMILES string of the molecule is COC(=O)c1cc(OC2CN(C(=O)OC(C)(C)C)C2)cc(C(F)(F)F)c1CBr. The van der Waals surface area contributed by atoms with Crippen LogP contribution in [0.2, 0.25) is 0 Å². The van der Waals surface area contributed by atoms with Crippen molar-refractivity contribution in [1.82, 2.24) is 4.90 Å². The van der Waals surface area contributed by atoms with Crippen LogP contribution in [0.3, 0.4) is 0 Å². The molecule has 28 heavy (non-hydrogen) atoms. The molecule has 156 valence electrons. The van der Waals surface area contributed by atoms with Gasteiger partial charge in [0.25, 0.3) is 0 Å². The Balaban J connectivity index is 2.19. The number of esters is 1. The molecule has 1 fully saturated rings. The quantitative estimate of drug-likeness (QED) is 0.485. The van der Waals surface area contributed by atoms with Crippen LogP contribution in [0, 0.1) is 0 Å². The number of nitrogens with zero attached hydrogens (tertiary/aromatic N) is 1. The molecule has 1 aliphatic rings. The second-order valence-corrected chi connectivity index (χ2v) is 7.81. The van der Waals surface area contributed by atoms with Crippen LogP contribution < -0.4 is 4.74 Å². The summed E-state index contributed by atoms with van der Waals surface area (Å²) < 4.78 is 55.6. The molecular weight excluding hydrogens is 447 g/mol. The number of methoxy groups -OCH3 is 1. The third-order valence-corrected chi connectivity index (χ3v) is 4.43. The maximum atomic E-state index is 13.4. The first-order valence-electron chi connectivity index (χ1n) is 8.38.